The van der Waals surface area contributed by atoms with Crippen molar-refractivity contribution in [2.24, 2.45) is 11.8 Å². The molecule has 0 unspecified atom stereocenters. The molecule has 84 valence electrons. The molecule has 1 fully saturated rings. The van der Waals surface area contributed by atoms with E-state index in [0.29, 0.717) is 11.8 Å². The van der Waals surface area contributed by atoms with Gasteiger partial charge >= 0.3 is 0 Å². The lowest BCUT2D eigenvalue weighted by atomic mass is 9.81. The Bertz CT molecular complexity index is 128. The summed E-state index contributed by atoms with van der Waals surface area (Å²) in [7, 11) is 0. The summed E-state index contributed by atoms with van der Waals surface area (Å²) < 4.78 is 0. The molecule has 0 bridgehead atoms. The molecule has 0 amide bonds. The Balaban J connectivity index is 2.35. The van der Waals surface area contributed by atoms with Gasteiger partial charge in [0.15, 0.2) is 0 Å². The van der Waals surface area contributed by atoms with Gasteiger partial charge < -0.3 is 10.2 Å². The smallest absolute Gasteiger partial charge is 0.0462 e. The average molecular weight is 200 g/mol. The standard InChI is InChI=1S/C12H24O2/c13-9-8-12(10-14)11-6-4-2-1-3-5-7-11/h11-14H,1-10H2/t12-/m1/s1. The first kappa shape index (κ1) is 12.0. The van der Waals surface area contributed by atoms with E-state index in [2.05, 4.69) is 0 Å². The molecular formula is C12H24O2. The first-order chi connectivity index (χ1) is 6.88. The second kappa shape index (κ2) is 7.24. The van der Waals surface area contributed by atoms with E-state index in [4.69, 9.17) is 5.11 Å². The van der Waals surface area contributed by atoms with Crippen molar-refractivity contribution in [1.29, 1.82) is 0 Å². The van der Waals surface area contributed by atoms with Gasteiger partial charge in [0.1, 0.15) is 0 Å². The van der Waals surface area contributed by atoms with Crippen LogP contribution in [0.15, 0.2) is 0 Å². The molecule has 14 heavy (non-hydrogen) atoms. The Kier molecular flexibility index (Phi) is 6.20. The van der Waals surface area contributed by atoms with Gasteiger partial charge in [-0.25, -0.2) is 0 Å². The molecule has 0 saturated heterocycles. The van der Waals surface area contributed by atoms with Crippen LogP contribution in [0.5, 0.6) is 0 Å². The van der Waals surface area contributed by atoms with E-state index in [1.54, 1.807) is 0 Å². The zero-order valence-electron chi connectivity index (χ0n) is 9.12. The maximum atomic E-state index is 9.26. The van der Waals surface area contributed by atoms with Crippen LogP contribution < -0.4 is 0 Å². The van der Waals surface area contributed by atoms with Gasteiger partial charge in [0, 0.05) is 13.2 Å². The van der Waals surface area contributed by atoms with Crippen molar-refractivity contribution in [3.8, 4) is 0 Å². The summed E-state index contributed by atoms with van der Waals surface area (Å²) >= 11 is 0. The maximum Gasteiger partial charge on any atom is 0.0462 e. The highest BCUT2D eigenvalue weighted by Gasteiger charge is 2.20. The second-order valence-corrected chi connectivity index (χ2v) is 4.56. The molecule has 1 aliphatic rings. The minimum atomic E-state index is 0.224. The molecular weight excluding hydrogens is 176 g/mol. The SMILES string of the molecule is OCC[C@H](CO)C1CCCCCCC1. The number of hydrogen-bond donors (Lipinski definition) is 2. The molecule has 2 nitrogen and oxygen atoms in total. The first-order valence-corrected chi connectivity index (χ1v) is 6.10. The van der Waals surface area contributed by atoms with Crippen LogP contribution in [-0.2, 0) is 0 Å². The summed E-state index contributed by atoms with van der Waals surface area (Å²) in [6, 6.07) is 0. The molecule has 0 heterocycles. The van der Waals surface area contributed by atoms with Crippen LogP contribution in [0.4, 0.5) is 0 Å². The van der Waals surface area contributed by atoms with Gasteiger partial charge in [-0.3, -0.25) is 0 Å². The van der Waals surface area contributed by atoms with Crippen molar-refractivity contribution in [3.05, 3.63) is 0 Å². The largest absolute Gasteiger partial charge is 0.396 e. The minimum absolute atomic E-state index is 0.224. The third-order valence-corrected chi connectivity index (χ3v) is 3.55. The number of aliphatic hydroxyl groups is 2. The van der Waals surface area contributed by atoms with Crippen LogP contribution in [0, 0.1) is 11.8 Å². The fraction of sp³-hybridized carbons (Fsp3) is 1.00. The summed E-state index contributed by atoms with van der Waals surface area (Å²) in [5.74, 6) is 1.01. The molecule has 2 N–H and O–H groups in total. The quantitative estimate of drug-likeness (QED) is 0.731. The normalized spacial score (nSPS) is 22.7. The van der Waals surface area contributed by atoms with Crippen LogP contribution in [-0.4, -0.2) is 23.4 Å². The van der Waals surface area contributed by atoms with Crippen LogP contribution in [0.2, 0.25) is 0 Å². The molecule has 1 atom stereocenters. The van der Waals surface area contributed by atoms with E-state index in [1.165, 1.54) is 44.9 Å². The minimum Gasteiger partial charge on any atom is -0.396 e. The fourth-order valence-electron chi connectivity index (χ4n) is 2.60. The van der Waals surface area contributed by atoms with Crippen LogP contribution in [0.25, 0.3) is 0 Å². The van der Waals surface area contributed by atoms with E-state index < -0.39 is 0 Å². The predicted octanol–water partition coefficient (Wildman–Crippen LogP) is 2.34. The highest BCUT2D eigenvalue weighted by molar-refractivity contribution is 4.71. The van der Waals surface area contributed by atoms with E-state index in [-0.39, 0.29) is 13.2 Å². The fourth-order valence-corrected chi connectivity index (χ4v) is 2.60. The van der Waals surface area contributed by atoms with E-state index in [9.17, 15) is 5.11 Å². The van der Waals surface area contributed by atoms with Gasteiger partial charge in [-0.15, -0.1) is 0 Å². The van der Waals surface area contributed by atoms with E-state index in [1.807, 2.05) is 0 Å². The van der Waals surface area contributed by atoms with Gasteiger partial charge in [0.2, 0.25) is 0 Å². The molecule has 0 spiro atoms. The maximum absolute atomic E-state index is 9.26. The highest BCUT2D eigenvalue weighted by atomic mass is 16.3. The van der Waals surface area contributed by atoms with Crippen molar-refractivity contribution >= 4 is 0 Å². The molecule has 0 aromatic heterocycles. The van der Waals surface area contributed by atoms with Crippen LogP contribution in [0.1, 0.15) is 51.4 Å². The van der Waals surface area contributed by atoms with Gasteiger partial charge in [-0.05, 0) is 18.3 Å². The van der Waals surface area contributed by atoms with Gasteiger partial charge in [-0.2, -0.15) is 0 Å². The topological polar surface area (TPSA) is 40.5 Å². The lowest BCUT2D eigenvalue weighted by molar-refractivity contribution is 0.124. The average Bonchev–Trinajstić information content (AvgIpc) is 2.15. The zero-order chi connectivity index (χ0) is 10.2. The van der Waals surface area contributed by atoms with Gasteiger partial charge in [-0.1, -0.05) is 44.9 Å². The van der Waals surface area contributed by atoms with Crippen LogP contribution in [0.3, 0.4) is 0 Å². The zero-order valence-corrected chi connectivity index (χ0v) is 9.12. The Morgan fingerprint density at radius 1 is 0.929 bits per heavy atom. The van der Waals surface area contributed by atoms with Crippen molar-refractivity contribution in [2.45, 2.75) is 51.4 Å². The van der Waals surface area contributed by atoms with Crippen molar-refractivity contribution in [3.63, 3.8) is 0 Å². The van der Waals surface area contributed by atoms with E-state index in [0.717, 1.165) is 6.42 Å². The summed E-state index contributed by atoms with van der Waals surface area (Å²) in [4.78, 5) is 0. The predicted molar refractivity (Wildman–Crippen MR) is 58.1 cm³/mol. The molecule has 1 rings (SSSR count). The molecule has 0 aromatic carbocycles. The number of rotatable bonds is 4. The molecule has 0 radical (unpaired) electrons. The summed E-state index contributed by atoms with van der Waals surface area (Å²) in [5.41, 5.74) is 0. The molecule has 2 heteroatoms. The Morgan fingerprint density at radius 3 is 2.00 bits per heavy atom. The summed E-state index contributed by atoms with van der Waals surface area (Å²) in [5, 5.41) is 18.2. The third-order valence-electron chi connectivity index (χ3n) is 3.55. The molecule has 0 aromatic rings. The first-order valence-electron chi connectivity index (χ1n) is 6.10. The van der Waals surface area contributed by atoms with Crippen molar-refractivity contribution in [2.75, 3.05) is 13.2 Å². The lowest BCUT2D eigenvalue weighted by Crippen LogP contribution is -2.21. The summed E-state index contributed by atoms with van der Waals surface area (Å²) in [6.45, 7) is 0.479. The number of aliphatic hydroxyl groups excluding tert-OH is 2. The van der Waals surface area contributed by atoms with Crippen LogP contribution >= 0.6 is 0 Å². The monoisotopic (exact) mass is 200 g/mol. The Morgan fingerprint density at radius 2 is 1.50 bits per heavy atom. The molecule has 1 aliphatic carbocycles. The molecule has 0 aliphatic heterocycles. The Labute approximate surface area is 87.3 Å². The highest BCUT2D eigenvalue weighted by Crippen LogP contribution is 2.29. The van der Waals surface area contributed by atoms with Crippen molar-refractivity contribution in [1.82, 2.24) is 0 Å². The lowest BCUT2D eigenvalue weighted by Gasteiger charge is -2.26. The van der Waals surface area contributed by atoms with Gasteiger partial charge in [0.05, 0.1) is 0 Å². The Hall–Kier alpha value is -0.0800. The number of hydrogen-bond acceptors (Lipinski definition) is 2. The summed E-state index contributed by atoms with van der Waals surface area (Å²) in [6.07, 6.45) is 10.0. The second-order valence-electron chi connectivity index (χ2n) is 4.56. The molecule has 1 saturated carbocycles. The van der Waals surface area contributed by atoms with Crippen molar-refractivity contribution < 1.29 is 10.2 Å². The van der Waals surface area contributed by atoms with Gasteiger partial charge in [0.25, 0.3) is 0 Å². The third kappa shape index (κ3) is 3.97. The van der Waals surface area contributed by atoms with E-state index >= 15 is 0 Å².